The van der Waals surface area contributed by atoms with Crippen LogP contribution in [0.3, 0.4) is 0 Å². The van der Waals surface area contributed by atoms with Crippen molar-refractivity contribution in [1.82, 2.24) is 5.16 Å². The zero-order valence-corrected chi connectivity index (χ0v) is 12.0. The Kier molecular flexibility index (Phi) is 3.87. The Morgan fingerprint density at radius 1 is 1.00 bits per heavy atom. The Hall–Kier alpha value is -3.08. The fourth-order valence-electron chi connectivity index (χ4n) is 2.06. The van der Waals surface area contributed by atoms with Crippen molar-refractivity contribution in [2.45, 2.75) is 6.92 Å². The Balaban J connectivity index is 1.75. The second-order valence-corrected chi connectivity index (χ2v) is 4.88. The number of hydrogen-bond acceptors (Lipinski definition) is 3. The Bertz CT molecular complexity index is 764. The fraction of sp³-hybridized carbons (Fsp3) is 0.0588. The van der Waals surface area contributed by atoms with Gasteiger partial charge in [-0.15, -0.1) is 0 Å². The summed E-state index contributed by atoms with van der Waals surface area (Å²) in [5.41, 5.74) is 3.54. The molecule has 5 heteroatoms. The predicted octanol–water partition coefficient (Wildman–Crippen LogP) is 4.29. The minimum absolute atomic E-state index is 0.317. The highest BCUT2D eigenvalue weighted by atomic mass is 16.5. The van der Waals surface area contributed by atoms with E-state index in [2.05, 4.69) is 15.8 Å². The van der Waals surface area contributed by atoms with Crippen LogP contribution in [0.25, 0.3) is 11.1 Å². The predicted molar refractivity (Wildman–Crippen MR) is 85.8 cm³/mol. The SMILES string of the molecule is Cc1ccc(-c2cnoc2NC(=O)Nc2ccccc2)cc1. The maximum absolute atomic E-state index is 12.0. The highest BCUT2D eigenvalue weighted by molar-refractivity contribution is 6.00. The van der Waals surface area contributed by atoms with Crippen molar-refractivity contribution < 1.29 is 9.32 Å². The van der Waals surface area contributed by atoms with Crippen LogP contribution < -0.4 is 10.6 Å². The van der Waals surface area contributed by atoms with Gasteiger partial charge in [-0.25, -0.2) is 4.79 Å². The van der Waals surface area contributed by atoms with Crippen molar-refractivity contribution in [2.75, 3.05) is 10.6 Å². The number of urea groups is 1. The van der Waals surface area contributed by atoms with Crippen molar-refractivity contribution >= 4 is 17.6 Å². The van der Waals surface area contributed by atoms with Crippen LogP contribution in [0.5, 0.6) is 0 Å². The van der Waals surface area contributed by atoms with E-state index in [0.29, 0.717) is 11.6 Å². The van der Waals surface area contributed by atoms with Gasteiger partial charge in [0, 0.05) is 5.69 Å². The Labute approximate surface area is 128 Å². The van der Waals surface area contributed by atoms with Crippen molar-refractivity contribution in [3.05, 3.63) is 66.4 Å². The lowest BCUT2D eigenvalue weighted by atomic mass is 10.1. The third-order valence-electron chi connectivity index (χ3n) is 3.19. The third-order valence-corrected chi connectivity index (χ3v) is 3.19. The summed E-state index contributed by atoms with van der Waals surface area (Å²) in [4.78, 5) is 12.0. The van der Waals surface area contributed by atoms with Crippen LogP contribution in [-0.4, -0.2) is 11.2 Å². The number of para-hydroxylation sites is 1. The molecule has 0 unspecified atom stereocenters. The van der Waals surface area contributed by atoms with E-state index in [9.17, 15) is 4.79 Å². The van der Waals surface area contributed by atoms with Crippen LogP contribution in [0.15, 0.2) is 65.3 Å². The molecule has 0 aliphatic heterocycles. The quantitative estimate of drug-likeness (QED) is 0.756. The molecule has 0 atom stereocenters. The molecular formula is C17H15N3O2. The number of carbonyl (C=O) groups excluding carboxylic acids is 1. The van der Waals surface area contributed by atoms with Gasteiger partial charge in [0.25, 0.3) is 0 Å². The molecule has 0 bridgehead atoms. The van der Waals surface area contributed by atoms with Gasteiger partial charge in [-0.3, -0.25) is 5.32 Å². The van der Waals surface area contributed by atoms with E-state index in [1.807, 2.05) is 49.4 Å². The van der Waals surface area contributed by atoms with Gasteiger partial charge in [0.2, 0.25) is 5.88 Å². The number of anilines is 2. The van der Waals surface area contributed by atoms with E-state index in [0.717, 1.165) is 16.7 Å². The summed E-state index contributed by atoms with van der Waals surface area (Å²) in [5, 5.41) is 9.17. The molecule has 0 aliphatic rings. The number of aromatic nitrogens is 1. The molecule has 2 amide bonds. The normalized spacial score (nSPS) is 10.2. The van der Waals surface area contributed by atoms with Crippen molar-refractivity contribution in [2.24, 2.45) is 0 Å². The van der Waals surface area contributed by atoms with Gasteiger partial charge in [0.1, 0.15) is 0 Å². The molecule has 0 spiro atoms. The van der Waals surface area contributed by atoms with Gasteiger partial charge >= 0.3 is 6.03 Å². The van der Waals surface area contributed by atoms with Gasteiger partial charge in [0.05, 0.1) is 11.8 Å². The molecule has 1 heterocycles. The van der Waals surface area contributed by atoms with Crippen LogP contribution in [0.4, 0.5) is 16.4 Å². The van der Waals surface area contributed by atoms with Crippen LogP contribution in [0, 0.1) is 6.92 Å². The second kappa shape index (κ2) is 6.13. The van der Waals surface area contributed by atoms with Gasteiger partial charge in [-0.05, 0) is 24.6 Å². The first-order valence-electron chi connectivity index (χ1n) is 6.87. The molecule has 3 aromatic rings. The molecule has 2 aromatic carbocycles. The van der Waals surface area contributed by atoms with Gasteiger partial charge < -0.3 is 9.84 Å². The van der Waals surface area contributed by atoms with E-state index in [-0.39, 0.29) is 6.03 Å². The third kappa shape index (κ3) is 3.15. The first kappa shape index (κ1) is 13.9. The van der Waals surface area contributed by atoms with Crippen LogP contribution in [0.1, 0.15) is 5.56 Å². The molecule has 2 N–H and O–H groups in total. The molecule has 22 heavy (non-hydrogen) atoms. The summed E-state index contributed by atoms with van der Waals surface area (Å²) in [6.07, 6.45) is 1.59. The molecule has 0 radical (unpaired) electrons. The molecule has 5 nitrogen and oxygen atoms in total. The summed E-state index contributed by atoms with van der Waals surface area (Å²) in [6, 6.07) is 16.7. The molecular weight excluding hydrogens is 278 g/mol. The van der Waals surface area contributed by atoms with Gasteiger partial charge in [0.15, 0.2) is 0 Å². The molecule has 0 saturated carbocycles. The molecule has 0 saturated heterocycles. The lowest BCUT2D eigenvalue weighted by Gasteiger charge is -2.06. The highest BCUT2D eigenvalue weighted by Crippen LogP contribution is 2.28. The van der Waals surface area contributed by atoms with Crippen molar-refractivity contribution in [1.29, 1.82) is 0 Å². The van der Waals surface area contributed by atoms with E-state index >= 15 is 0 Å². The van der Waals surface area contributed by atoms with E-state index < -0.39 is 0 Å². The number of carbonyl (C=O) groups is 1. The van der Waals surface area contributed by atoms with Crippen LogP contribution >= 0.6 is 0 Å². The second-order valence-electron chi connectivity index (χ2n) is 4.88. The van der Waals surface area contributed by atoms with Crippen LogP contribution in [-0.2, 0) is 0 Å². The van der Waals surface area contributed by atoms with E-state index in [1.54, 1.807) is 18.3 Å². The lowest BCUT2D eigenvalue weighted by molar-refractivity contribution is 0.261. The zero-order valence-electron chi connectivity index (χ0n) is 12.0. The lowest BCUT2D eigenvalue weighted by Crippen LogP contribution is -2.19. The molecule has 0 aliphatic carbocycles. The molecule has 110 valence electrons. The number of nitrogens with zero attached hydrogens (tertiary/aromatic N) is 1. The number of hydrogen-bond donors (Lipinski definition) is 2. The van der Waals surface area contributed by atoms with Crippen molar-refractivity contribution in [3.63, 3.8) is 0 Å². The first-order valence-corrected chi connectivity index (χ1v) is 6.87. The Morgan fingerprint density at radius 2 is 1.73 bits per heavy atom. The summed E-state index contributed by atoms with van der Waals surface area (Å²) in [6.45, 7) is 2.02. The summed E-state index contributed by atoms with van der Waals surface area (Å²) in [5.74, 6) is 0.317. The van der Waals surface area contributed by atoms with E-state index in [1.165, 1.54) is 0 Å². The number of nitrogens with one attached hydrogen (secondary N) is 2. The maximum atomic E-state index is 12.0. The number of aryl methyl sites for hydroxylation is 1. The number of rotatable bonds is 3. The summed E-state index contributed by atoms with van der Waals surface area (Å²) in [7, 11) is 0. The zero-order chi connectivity index (χ0) is 15.4. The average molecular weight is 293 g/mol. The minimum atomic E-state index is -0.378. The molecule has 3 rings (SSSR count). The minimum Gasteiger partial charge on any atom is -0.338 e. The standard InChI is InChI=1S/C17H15N3O2/c1-12-7-9-13(10-8-12)15-11-18-22-16(15)20-17(21)19-14-5-3-2-4-6-14/h2-11H,1H3,(H2,19,20,21). The topological polar surface area (TPSA) is 67.2 Å². The fourth-order valence-corrected chi connectivity index (χ4v) is 2.06. The van der Waals surface area contributed by atoms with Crippen molar-refractivity contribution in [3.8, 4) is 11.1 Å². The first-order chi connectivity index (χ1) is 10.7. The summed E-state index contributed by atoms with van der Waals surface area (Å²) >= 11 is 0. The van der Waals surface area contributed by atoms with Crippen LogP contribution in [0.2, 0.25) is 0 Å². The van der Waals surface area contributed by atoms with Gasteiger partial charge in [-0.1, -0.05) is 53.2 Å². The largest absolute Gasteiger partial charge is 0.338 e. The number of benzene rings is 2. The number of amides is 2. The highest BCUT2D eigenvalue weighted by Gasteiger charge is 2.13. The molecule has 1 aromatic heterocycles. The molecule has 0 fully saturated rings. The van der Waals surface area contributed by atoms with E-state index in [4.69, 9.17) is 4.52 Å². The monoisotopic (exact) mass is 293 g/mol. The average Bonchev–Trinajstić information content (AvgIpc) is 2.97. The summed E-state index contributed by atoms with van der Waals surface area (Å²) < 4.78 is 5.14. The maximum Gasteiger partial charge on any atom is 0.326 e. The van der Waals surface area contributed by atoms with Gasteiger partial charge in [-0.2, -0.15) is 0 Å². The smallest absolute Gasteiger partial charge is 0.326 e. The Morgan fingerprint density at radius 3 is 2.45 bits per heavy atom.